The van der Waals surface area contributed by atoms with Gasteiger partial charge in [0.1, 0.15) is 0 Å². The van der Waals surface area contributed by atoms with E-state index < -0.39 is 0 Å². The largest absolute Gasteiger partial charge is 0.395 e. The highest BCUT2D eigenvalue weighted by Gasteiger charge is 2.23. The number of piperidine rings is 1. The lowest BCUT2D eigenvalue weighted by Gasteiger charge is -2.35. The molecule has 2 N–H and O–H groups in total. The van der Waals surface area contributed by atoms with E-state index in [2.05, 4.69) is 17.1 Å². The van der Waals surface area contributed by atoms with E-state index >= 15 is 0 Å². The lowest BCUT2D eigenvalue weighted by Crippen LogP contribution is -2.45. The van der Waals surface area contributed by atoms with E-state index in [-0.39, 0.29) is 12.5 Å². The van der Waals surface area contributed by atoms with Crippen LogP contribution in [-0.2, 0) is 4.79 Å². The first-order chi connectivity index (χ1) is 7.77. The van der Waals surface area contributed by atoms with Crippen LogP contribution in [-0.4, -0.2) is 48.2 Å². The third-order valence-corrected chi connectivity index (χ3v) is 3.15. The van der Waals surface area contributed by atoms with Gasteiger partial charge in [-0.15, -0.1) is 0 Å². The molecule has 1 aliphatic heterocycles. The third kappa shape index (κ3) is 4.49. The molecular formula is C12H24N2O2. The fraction of sp³-hybridized carbons (Fsp3) is 0.917. The molecule has 1 amide bonds. The van der Waals surface area contributed by atoms with Gasteiger partial charge >= 0.3 is 0 Å². The number of likely N-dealkylation sites (tertiary alicyclic amines) is 1. The van der Waals surface area contributed by atoms with Crippen molar-refractivity contribution >= 4 is 5.91 Å². The summed E-state index contributed by atoms with van der Waals surface area (Å²) in [7, 11) is 0. The number of nitrogens with one attached hydrogen (secondary N) is 1. The summed E-state index contributed by atoms with van der Waals surface area (Å²) in [4.78, 5) is 13.8. The van der Waals surface area contributed by atoms with E-state index in [9.17, 15) is 4.79 Å². The van der Waals surface area contributed by atoms with E-state index in [4.69, 9.17) is 5.11 Å². The van der Waals surface area contributed by atoms with Crippen molar-refractivity contribution in [3.63, 3.8) is 0 Å². The summed E-state index contributed by atoms with van der Waals surface area (Å²) < 4.78 is 0. The number of hydrogen-bond donors (Lipinski definition) is 2. The molecule has 0 radical (unpaired) electrons. The summed E-state index contributed by atoms with van der Waals surface area (Å²) in [6, 6.07) is 0.582. The lowest BCUT2D eigenvalue weighted by atomic mass is 9.98. The van der Waals surface area contributed by atoms with Crippen LogP contribution in [0.2, 0.25) is 0 Å². The molecule has 0 bridgehead atoms. The van der Waals surface area contributed by atoms with Gasteiger partial charge < -0.3 is 10.4 Å². The van der Waals surface area contributed by atoms with Crippen LogP contribution in [0.15, 0.2) is 0 Å². The van der Waals surface area contributed by atoms with Crippen LogP contribution in [0.5, 0.6) is 0 Å². The van der Waals surface area contributed by atoms with Gasteiger partial charge in [0.2, 0.25) is 5.91 Å². The molecule has 0 aromatic rings. The topological polar surface area (TPSA) is 52.6 Å². The quantitative estimate of drug-likeness (QED) is 0.705. The first-order valence-electron chi connectivity index (χ1n) is 6.39. The molecular weight excluding hydrogens is 204 g/mol. The zero-order chi connectivity index (χ0) is 11.8. The fourth-order valence-electron chi connectivity index (χ4n) is 2.36. The number of aliphatic hydroxyl groups excluding tert-OH is 1. The zero-order valence-corrected chi connectivity index (χ0v) is 10.2. The molecule has 0 aliphatic carbocycles. The van der Waals surface area contributed by atoms with Crippen molar-refractivity contribution in [3.8, 4) is 0 Å². The molecule has 0 aromatic carbocycles. The number of rotatable bonds is 6. The zero-order valence-electron chi connectivity index (χ0n) is 10.2. The van der Waals surface area contributed by atoms with Gasteiger partial charge in [0, 0.05) is 12.6 Å². The monoisotopic (exact) mass is 228 g/mol. The van der Waals surface area contributed by atoms with Gasteiger partial charge in [-0.3, -0.25) is 9.69 Å². The van der Waals surface area contributed by atoms with Crippen molar-refractivity contribution in [2.75, 3.05) is 26.2 Å². The average Bonchev–Trinajstić information content (AvgIpc) is 2.29. The Kier molecular flexibility index (Phi) is 6.42. The Morgan fingerprint density at radius 3 is 3.00 bits per heavy atom. The number of carbonyl (C=O) groups excluding carboxylic acids is 1. The second kappa shape index (κ2) is 7.63. The van der Waals surface area contributed by atoms with Crippen LogP contribution >= 0.6 is 0 Å². The van der Waals surface area contributed by atoms with Crippen LogP contribution in [0.4, 0.5) is 0 Å². The Morgan fingerprint density at radius 2 is 2.31 bits per heavy atom. The number of amides is 1. The highest BCUT2D eigenvalue weighted by atomic mass is 16.3. The minimum atomic E-state index is 0.0180. The van der Waals surface area contributed by atoms with Crippen LogP contribution in [0, 0.1) is 0 Å². The molecule has 0 aromatic heterocycles. The predicted molar refractivity (Wildman–Crippen MR) is 64.2 cm³/mol. The molecule has 16 heavy (non-hydrogen) atoms. The van der Waals surface area contributed by atoms with Gasteiger partial charge in [-0.2, -0.15) is 0 Å². The molecule has 1 aliphatic rings. The van der Waals surface area contributed by atoms with Crippen molar-refractivity contribution in [3.05, 3.63) is 0 Å². The molecule has 1 fully saturated rings. The predicted octanol–water partition coefficient (Wildman–Crippen LogP) is 0.749. The summed E-state index contributed by atoms with van der Waals surface area (Å²) in [6.07, 6.45) is 6.08. The minimum Gasteiger partial charge on any atom is -0.395 e. The normalized spacial score (nSPS) is 22.0. The molecule has 1 atom stereocenters. The number of carbonyl (C=O) groups is 1. The molecule has 1 unspecified atom stereocenters. The lowest BCUT2D eigenvalue weighted by molar-refractivity contribution is -0.123. The van der Waals surface area contributed by atoms with Crippen molar-refractivity contribution < 1.29 is 9.90 Å². The van der Waals surface area contributed by atoms with E-state index in [1.54, 1.807) is 0 Å². The van der Waals surface area contributed by atoms with Crippen molar-refractivity contribution in [2.45, 2.75) is 45.1 Å². The second-order valence-electron chi connectivity index (χ2n) is 4.48. The maximum atomic E-state index is 11.6. The Labute approximate surface area is 98.0 Å². The SMILES string of the molecule is CCCC1CCCCN1CC(=O)NCCO. The third-order valence-electron chi connectivity index (χ3n) is 3.15. The number of aliphatic hydroxyl groups is 1. The number of hydrogen-bond acceptors (Lipinski definition) is 3. The van der Waals surface area contributed by atoms with Gasteiger partial charge in [0.05, 0.1) is 13.2 Å². The summed E-state index contributed by atoms with van der Waals surface area (Å²) in [5.41, 5.74) is 0. The van der Waals surface area contributed by atoms with Crippen LogP contribution in [0.1, 0.15) is 39.0 Å². The first kappa shape index (κ1) is 13.5. The highest BCUT2D eigenvalue weighted by Crippen LogP contribution is 2.20. The van der Waals surface area contributed by atoms with Crippen molar-refractivity contribution in [2.24, 2.45) is 0 Å². The standard InChI is InChI=1S/C12H24N2O2/c1-2-5-11-6-3-4-8-14(11)10-12(16)13-7-9-15/h11,15H,2-10H2,1H3,(H,13,16). The molecule has 1 rings (SSSR count). The maximum Gasteiger partial charge on any atom is 0.234 e. The highest BCUT2D eigenvalue weighted by molar-refractivity contribution is 5.78. The minimum absolute atomic E-state index is 0.0180. The van der Waals surface area contributed by atoms with E-state index in [0.717, 1.165) is 6.54 Å². The summed E-state index contributed by atoms with van der Waals surface area (Å²) in [5.74, 6) is 0.0389. The van der Waals surface area contributed by atoms with Gasteiger partial charge in [0.25, 0.3) is 0 Å². The van der Waals surface area contributed by atoms with Gasteiger partial charge in [-0.1, -0.05) is 19.8 Å². The molecule has 1 heterocycles. The van der Waals surface area contributed by atoms with Crippen LogP contribution in [0.3, 0.4) is 0 Å². The molecule has 0 saturated carbocycles. The molecule has 4 nitrogen and oxygen atoms in total. The fourth-order valence-corrected chi connectivity index (χ4v) is 2.36. The smallest absolute Gasteiger partial charge is 0.234 e. The van der Waals surface area contributed by atoms with Gasteiger partial charge in [-0.05, 0) is 25.8 Å². The van der Waals surface area contributed by atoms with Crippen LogP contribution in [0.25, 0.3) is 0 Å². The summed E-state index contributed by atoms with van der Waals surface area (Å²) >= 11 is 0. The van der Waals surface area contributed by atoms with Crippen molar-refractivity contribution in [1.29, 1.82) is 0 Å². The van der Waals surface area contributed by atoms with E-state index in [1.165, 1.54) is 32.1 Å². The van der Waals surface area contributed by atoms with Gasteiger partial charge in [0.15, 0.2) is 0 Å². The Bertz CT molecular complexity index is 207. The first-order valence-corrected chi connectivity index (χ1v) is 6.39. The molecule has 1 saturated heterocycles. The molecule has 4 heteroatoms. The summed E-state index contributed by atoms with van der Waals surface area (Å²) in [6.45, 7) is 4.11. The Morgan fingerprint density at radius 1 is 1.50 bits per heavy atom. The average molecular weight is 228 g/mol. The summed E-state index contributed by atoms with van der Waals surface area (Å²) in [5, 5.41) is 11.3. The van der Waals surface area contributed by atoms with Crippen molar-refractivity contribution in [1.82, 2.24) is 10.2 Å². The van der Waals surface area contributed by atoms with E-state index in [0.29, 0.717) is 19.1 Å². The van der Waals surface area contributed by atoms with Crippen LogP contribution < -0.4 is 5.32 Å². The molecule has 0 spiro atoms. The molecule has 94 valence electrons. The van der Waals surface area contributed by atoms with Gasteiger partial charge in [-0.25, -0.2) is 0 Å². The Balaban J connectivity index is 2.33. The van der Waals surface area contributed by atoms with E-state index in [1.807, 2.05) is 0 Å². The Hall–Kier alpha value is -0.610. The maximum absolute atomic E-state index is 11.6. The second-order valence-corrected chi connectivity index (χ2v) is 4.48. The number of nitrogens with zero attached hydrogens (tertiary/aromatic N) is 1.